The number of alkyl carbamates (subject to hydrolysis) is 1. The van der Waals surface area contributed by atoms with Gasteiger partial charge in [-0.05, 0) is 63.9 Å². The Bertz CT molecular complexity index is 1420. The van der Waals surface area contributed by atoms with E-state index in [2.05, 4.69) is 25.2 Å². The average Bonchev–Trinajstić information content (AvgIpc) is 3.27. The fourth-order valence-corrected chi connectivity index (χ4v) is 4.61. The Morgan fingerprint density at radius 2 is 1.84 bits per heavy atom. The Hall–Kier alpha value is -4.01. The van der Waals surface area contributed by atoms with Crippen molar-refractivity contribution in [3.8, 4) is 22.4 Å². The number of piperidine rings is 1. The van der Waals surface area contributed by atoms with Crippen LogP contribution in [0.3, 0.4) is 0 Å². The van der Waals surface area contributed by atoms with Gasteiger partial charge in [0.05, 0.1) is 34.2 Å². The van der Waals surface area contributed by atoms with Gasteiger partial charge in [0.2, 0.25) is 0 Å². The van der Waals surface area contributed by atoms with Gasteiger partial charge in [0.15, 0.2) is 0 Å². The number of aromatic nitrogens is 3. The van der Waals surface area contributed by atoms with Crippen LogP contribution in [0.5, 0.6) is 0 Å². The van der Waals surface area contributed by atoms with Crippen molar-refractivity contribution in [1.29, 1.82) is 0 Å². The van der Waals surface area contributed by atoms with Crippen molar-refractivity contribution in [2.75, 3.05) is 18.0 Å². The minimum atomic E-state index is -0.655. The summed E-state index contributed by atoms with van der Waals surface area (Å²) in [6.07, 6.45) is 6.58. The van der Waals surface area contributed by atoms with Gasteiger partial charge in [0, 0.05) is 42.7 Å². The van der Waals surface area contributed by atoms with E-state index in [0.717, 1.165) is 48.3 Å². The lowest BCUT2D eigenvalue weighted by Gasteiger charge is -2.34. The average molecular weight is 506 g/mol. The van der Waals surface area contributed by atoms with Gasteiger partial charge in [-0.15, -0.1) is 0 Å². The Balaban J connectivity index is 1.35. The molecule has 7 nitrogen and oxygen atoms in total. The van der Waals surface area contributed by atoms with Crippen LogP contribution in [-0.4, -0.2) is 45.8 Å². The summed E-state index contributed by atoms with van der Waals surface area (Å²) >= 11 is 0. The molecule has 0 aliphatic carbocycles. The maximum Gasteiger partial charge on any atom is 0.407 e. The fraction of sp³-hybridized carbons (Fsp3) is 0.321. The lowest BCUT2D eigenvalue weighted by atomic mass is 10.0. The molecule has 1 fully saturated rings. The maximum absolute atomic E-state index is 14.4. The molecule has 0 unspecified atom stereocenters. The highest BCUT2D eigenvalue weighted by atomic mass is 19.1. The van der Waals surface area contributed by atoms with E-state index in [1.165, 1.54) is 18.2 Å². The third-order valence-corrected chi connectivity index (χ3v) is 6.36. The van der Waals surface area contributed by atoms with E-state index in [1.807, 2.05) is 39.2 Å². The Morgan fingerprint density at radius 3 is 2.54 bits per heavy atom. The van der Waals surface area contributed by atoms with Gasteiger partial charge >= 0.3 is 6.09 Å². The molecule has 2 N–H and O–H groups in total. The van der Waals surface area contributed by atoms with E-state index >= 15 is 0 Å². The molecule has 4 heterocycles. The first kappa shape index (κ1) is 24.7. The van der Waals surface area contributed by atoms with Crippen molar-refractivity contribution in [3.63, 3.8) is 0 Å². The number of nitrogens with zero attached hydrogens (tertiary/aromatic N) is 3. The second-order valence-corrected chi connectivity index (χ2v) is 10.2. The molecule has 1 amide bonds. The predicted octanol–water partition coefficient (Wildman–Crippen LogP) is 6.06. The molecule has 3 aromatic heterocycles. The summed E-state index contributed by atoms with van der Waals surface area (Å²) in [6.45, 7) is 7.05. The lowest BCUT2D eigenvalue weighted by Crippen LogP contribution is -2.46. The zero-order chi connectivity index (χ0) is 26.2. The monoisotopic (exact) mass is 505 g/mol. The van der Waals surface area contributed by atoms with E-state index < -0.39 is 23.3 Å². The van der Waals surface area contributed by atoms with Gasteiger partial charge in [-0.2, -0.15) is 0 Å². The number of aromatic amines is 1. The van der Waals surface area contributed by atoms with E-state index in [9.17, 15) is 13.6 Å². The van der Waals surface area contributed by atoms with E-state index in [-0.39, 0.29) is 17.3 Å². The quantitative estimate of drug-likeness (QED) is 0.352. The van der Waals surface area contributed by atoms with Crippen LogP contribution >= 0.6 is 0 Å². The van der Waals surface area contributed by atoms with Crippen molar-refractivity contribution < 1.29 is 18.3 Å². The Kier molecular flexibility index (Phi) is 6.54. The number of ether oxygens (including phenoxy) is 1. The van der Waals surface area contributed by atoms with Gasteiger partial charge in [0.1, 0.15) is 17.2 Å². The highest BCUT2D eigenvalue weighted by molar-refractivity contribution is 5.94. The van der Waals surface area contributed by atoms with E-state index in [1.54, 1.807) is 18.3 Å². The van der Waals surface area contributed by atoms with Crippen LogP contribution < -0.4 is 10.2 Å². The standard InChI is InChI=1S/C28H29F2N5O2/c1-28(2,3)37-27(36)33-18-9-11-35(12-10-18)19-13-17(14-31-15-19)20-16-32-24-8-7-23(34-26(20)24)25-21(29)5-4-6-22(25)30/h4-8,13-16,18,32H,9-12H2,1-3H3,(H,33,36). The van der Waals surface area contributed by atoms with Crippen LogP contribution in [0.1, 0.15) is 33.6 Å². The molecule has 0 radical (unpaired) electrons. The molecule has 5 rings (SSSR count). The first-order chi connectivity index (χ1) is 17.7. The number of amides is 1. The molecule has 0 atom stereocenters. The summed E-state index contributed by atoms with van der Waals surface area (Å²) in [5.41, 5.74) is 3.52. The number of carbonyl (C=O) groups excluding carboxylic acids is 1. The molecule has 37 heavy (non-hydrogen) atoms. The molecular formula is C28H29F2N5O2. The molecule has 192 valence electrons. The van der Waals surface area contributed by atoms with Gasteiger partial charge in [-0.1, -0.05) is 6.07 Å². The highest BCUT2D eigenvalue weighted by Crippen LogP contribution is 2.33. The number of fused-ring (bicyclic) bond motifs is 1. The SMILES string of the molecule is CC(C)(C)OC(=O)NC1CCN(c2cncc(-c3c[nH]c4ccc(-c5c(F)cccc5F)nc34)c2)CC1. The Morgan fingerprint density at radius 1 is 1.11 bits per heavy atom. The first-order valence-electron chi connectivity index (χ1n) is 12.3. The van der Waals surface area contributed by atoms with Crippen LogP contribution in [-0.2, 0) is 4.74 Å². The third-order valence-electron chi connectivity index (χ3n) is 6.36. The van der Waals surface area contributed by atoms with Crippen LogP contribution in [0.2, 0.25) is 0 Å². The molecule has 4 aromatic rings. The summed E-state index contributed by atoms with van der Waals surface area (Å²) in [7, 11) is 0. The van der Waals surface area contributed by atoms with Gasteiger partial charge in [-0.3, -0.25) is 4.98 Å². The number of halogens is 2. The number of hydrogen-bond donors (Lipinski definition) is 2. The van der Waals surface area contributed by atoms with Crippen molar-refractivity contribution in [2.24, 2.45) is 0 Å². The second kappa shape index (κ2) is 9.80. The third kappa shape index (κ3) is 5.40. The first-order valence-corrected chi connectivity index (χ1v) is 12.3. The van der Waals surface area contributed by atoms with Gasteiger partial charge < -0.3 is 19.9 Å². The molecule has 0 spiro atoms. The minimum Gasteiger partial charge on any atom is -0.444 e. The zero-order valence-corrected chi connectivity index (χ0v) is 21.0. The number of hydrogen-bond acceptors (Lipinski definition) is 5. The molecule has 1 aliphatic heterocycles. The summed E-state index contributed by atoms with van der Waals surface area (Å²) in [4.78, 5) is 26.6. The van der Waals surface area contributed by atoms with Gasteiger partial charge in [-0.25, -0.2) is 18.6 Å². The molecule has 1 aromatic carbocycles. The molecule has 9 heteroatoms. The number of pyridine rings is 2. The number of H-pyrrole nitrogens is 1. The molecule has 1 saturated heterocycles. The molecular weight excluding hydrogens is 476 g/mol. The van der Waals surface area contributed by atoms with Crippen LogP contribution in [0.15, 0.2) is 55.0 Å². The van der Waals surface area contributed by atoms with Gasteiger partial charge in [0.25, 0.3) is 0 Å². The van der Waals surface area contributed by atoms with Crippen molar-refractivity contribution >= 4 is 22.8 Å². The largest absolute Gasteiger partial charge is 0.444 e. The van der Waals surface area contributed by atoms with Crippen molar-refractivity contribution in [2.45, 2.75) is 45.3 Å². The molecule has 1 aliphatic rings. The smallest absolute Gasteiger partial charge is 0.407 e. The number of nitrogens with one attached hydrogen (secondary N) is 2. The van der Waals surface area contributed by atoms with Crippen LogP contribution in [0, 0.1) is 11.6 Å². The fourth-order valence-electron chi connectivity index (χ4n) is 4.61. The number of carbonyl (C=O) groups is 1. The minimum absolute atomic E-state index is 0.0530. The highest BCUT2D eigenvalue weighted by Gasteiger charge is 2.24. The summed E-state index contributed by atoms with van der Waals surface area (Å²) in [5.74, 6) is -1.31. The van der Waals surface area contributed by atoms with E-state index in [0.29, 0.717) is 5.52 Å². The molecule has 0 bridgehead atoms. The second-order valence-electron chi connectivity index (χ2n) is 10.2. The maximum atomic E-state index is 14.4. The zero-order valence-electron chi connectivity index (χ0n) is 21.0. The van der Waals surface area contributed by atoms with Crippen molar-refractivity contribution in [1.82, 2.24) is 20.3 Å². The van der Waals surface area contributed by atoms with Crippen LogP contribution in [0.25, 0.3) is 33.4 Å². The van der Waals surface area contributed by atoms with Crippen LogP contribution in [0.4, 0.5) is 19.3 Å². The summed E-state index contributed by atoms with van der Waals surface area (Å²) in [5, 5.41) is 2.96. The number of rotatable bonds is 4. The summed E-state index contributed by atoms with van der Waals surface area (Å²) in [6, 6.07) is 9.25. The lowest BCUT2D eigenvalue weighted by molar-refractivity contribution is 0.0497. The topological polar surface area (TPSA) is 83.1 Å². The number of benzene rings is 1. The Labute approximate surface area is 213 Å². The van der Waals surface area contributed by atoms with E-state index in [4.69, 9.17) is 4.74 Å². The molecule has 0 saturated carbocycles. The van der Waals surface area contributed by atoms with Crippen molar-refractivity contribution in [3.05, 3.63) is 66.6 Å². The number of anilines is 1. The summed E-state index contributed by atoms with van der Waals surface area (Å²) < 4.78 is 34.1. The normalized spacial score (nSPS) is 14.7. The predicted molar refractivity (Wildman–Crippen MR) is 139 cm³/mol.